The van der Waals surface area contributed by atoms with E-state index in [1.807, 2.05) is 0 Å². The summed E-state index contributed by atoms with van der Waals surface area (Å²) in [6, 6.07) is 7.27. The molecule has 0 saturated heterocycles. The van der Waals surface area contributed by atoms with Gasteiger partial charge in [0, 0.05) is 24.2 Å². The van der Waals surface area contributed by atoms with Crippen LogP contribution in [0.3, 0.4) is 0 Å². The maximum Gasteiger partial charge on any atom is 0.336 e. The van der Waals surface area contributed by atoms with Crippen LogP contribution in [0, 0.1) is 18.3 Å². The molecular weight excluding hydrogens is 406 g/mol. The highest BCUT2D eigenvalue weighted by Gasteiger charge is 2.35. The van der Waals surface area contributed by atoms with E-state index >= 15 is 0 Å². The van der Waals surface area contributed by atoms with Crippen LogP contribution in [0.15, 0.2) is 57.0 Å². The van der Waals surface area contributed by atoms with E-state index in [2.05, 4.69) is 26.8 Å². The van der Waals surface area contributed by atoms with Gasteiger partial charge in [-0.2, -0.15) is 5.26 Å². The third-order valence-electron chi connectivity index (χ3n) is 4.34. The first-order valence-corrected chi connectivity index (χ1v) is 9.89. The molecule has 0 radical (unpaired) electrons. The number of amides is 1. The van der Waals surface area contributed by atoms with E-state index in [9.17, 15) is 14.9 Å². The first kappa shape index (κ1) is 21.1. The SMILES string of the molecule is COC(=O)C1=C(C)NC(SCC(=O)Nc2cc(C)on2)=C(C#N)C1c1ccncc1. The lowest BCUT2D eigenvalue weighted by atomic mass is 9.83. The van der Waals surface area contributed by atoms with Crippen LogP contribution in [-0.4, -0.2) is 34.9 Å². The summed E-state index contributed by atoms with van der Waals surface area (Å²) in [5.41, 5.74) is 1.94. The molecule has 1 aliphatic rings. The molecule has 1 unspecified atom stereocenters. The molecule has 1 aliphatic heterocycles. The summed E-state index contributed by atoms with van der Waals surface area (Å²) in [5, 5.41) is 19.8. The second-order valence-electron chi connectivity index (χ2n) is 6.38. The Kier molecular flexibility index (Phi) is 6.54. The van der Waals surface area contributed by atoms with Gasteiger partial charge in [-0.15, -0.1) is 0 Å². The number of esters is 1. The van der Waals surface area contributed by atoms with E-state index in [4.69, 9.17) is 9.26 Å². The Labute approximate surface area is 177 Å². The van der Waals surface area contributed by atoms with Crippen LogP contribution in [0.1, 0.15) is 24.2 Å². The van der Waals surface area contributed by atoms with Crippen molar-refractivity contribution in [2.75, 3.05) is 18.2 Å². The molecule has 2 aromatic rings. The fourth-order valence-corrected chi connectivity index (χ4v) is 3.93. The molecule has 3 rings (SSSR count). The van der Waals surface area contributed by atoms with E-state index in [1.54, 1.807) is 44.4 Å². The lowest BCUT2D eigenvalue weighted by molar-refractivity contribution is -0.136. The number of allylic oxidation sites excluding steroid dienone is 2. The average Bonchev–Trinajstić information content (AvgIpc) is 3.16. The largest absolute Gasteiger partial charge is 0.466 e. The summed E-state index contributed by atoms with van der Waals surface area (Å²) in [6.07, 6.45) is 3.19. The van der Waals surface area contributed by atoms with Crippen LogP contribution in [0.2, 0.25) is 0 Å². The van der Waals surface area contributed by atoms with Gasteiger partial charge in [0.25, 0.3) is 0 Å². The summed E-state index contributed by atoms with van der Waals surface area (Å²) < 4.78 is 9.86. The van der Waals surface area contributed by atoms with Gasteiger partial charge in [0.2, 0.25) is 5.91 Å². The van der Waals surface area contributed by atoms with Gasteiger partial charge in [-0.3, -0.25) is 9.78 Å². The van der Waals surface area contributed by atoms with Crippen LogP contribution >= 0.6 is 11.8 Å². The Morgan fingerprint density at radius 3 is 2.70 bits per heavy atom. The molecule has 0 spiro atoms. The minimum Gasteiger partial charge on any atom is -0.466 e. The molecule has 0 aromatic carbocycles. The molecule has 1 atom stereocenters. The Hall–Kier alpha value is -3.58. The molecule has 10 heteroatoms. The van der Waals surface area contributed by atoms with E-state index < -0.39 is 11.9 Å². The average molecular weight is 425 g/mol. The maximum atomic E-state index is 12.4. The highest BCUT2D eigenvalue weighted by atomic mass is 32.2. The van der Waals surface area contributed by atoms with Crippen LogP contribution in [-0.2, 0) is 14.3 Å². The molecule has 0 bridgehead atoms. The number of nitrogens with zero attached hydrogens (tertiary/aromatic N) is 3. The third-order valence-corrected chi connectivity index (χ3v) is 5.35. The lowest BCUT2D eigenvalue weighted by Crippen LogP contribution is -2.29. The van der Waals surface area contributed by atoms with Crippen molar-refractivity contribution in [3.8, 4) is 6.07 Å². The van der Waals surface area contributed by atoms with Crippen LogP contribution < -0.4 is 10.6 Å². The van der Waals surface area contributed by atoms with Gasteiger partial charge in [-0.1, -0.05) is 16.9 Å². The number of hydrogen-bond donors (Lipinski definition) is 2. The number of ether oxygens (including phenoxy) is 1. The summed E-state index contributed by atoms with van der Waals surface area (Å²) in [4.78, 5) is 28.7. The number of dihydropyridines is 1. The van der Waals surface area contributed by atoms with Crippen molar-refractivity contribution in [1.29, 1.82) is 5.26 Å². The Bertz CT molecular complexity index is 1070. The Morgan fingerprint density at radius 1 is 1.37 bits per heavy atom. The van der Waals surface area contributed by atoms with Crippen molar-refractivity contribution in [3.05, 3.63) is 63.8 Å². The highest BCUT2D eigenvalue weighted by molar-refractivity contribution is 8.03. The molecule has 0 aliphatic carbocycles. The van der Waals surface area contributed by atoms with Gasteiger partial charge in [0.15, 0.2) is 5.82 Å². The fraction of sp³-hybridized carbons (Fsp3) is 0.250. The standard InChI is InChI=1S/C20H19N5O4S/c1-11-8-15(25-29-11)24-16(26)10-30-19-14(9-21)18(13-4-6-22-7-5-13)17(12(2)23-19)20(27)28-3/h4-8,18,23H,10H2,1-3H3,(H,24,25,26). The van der Waals surface area contributed by atoms with E-state index in [0.717, 1.165) is 17.3 Å². The van der Waals surface area contributed by atoms with Crippen molar-refractivity contribution in [1.82, 2.24) is 15.5 Å². The molecule has 0 saturated carbocycles. The topological polar surface area (TPSA) is 130 Å². The van der Waals surface area contributed by atoms with Crippen LogP contribution in [0.25, 0.3) is 0 Å². The molecule has 9 nitrogen and oxygen atoms in total. The van der Waals surface area contributed by atoms with Crippen molar-refractivity contribution < 1.29 is 18.8 Å². The summed E-state index contributed by atoms with van der Waals surface area (Å²) in [6.45, 7) is 3.45. The second kappa shape index (κ2) is 9.28. The summed E-state index contributed by atoms with van der Waals surface area (Å²) in [7, 11) is 1.29. The van der Waals surface area contributed by atoms with E-state index in [-0.39, 0.29) is 11.7 Å². The van der Waals surface area contributed by atoms with Crippen molar-refractivity contribution in [3.63, 3.8) is 0 Å². The first-order valence-electron chi connectivity index (χ1n) is 8.90. The molecule has 1 amide bonds. The predicted octanol–water partition coefficient (Wildman–Crippen LogP) is 2.62. The van der Waals surface area contributed by atoms with Gasteiger partial charge in [-0.25, -0.2) is 4.79 Å². The van der Waals surface area contributed by atoms with Gasteiger partial charge < -0.3 is 19.9 Å². The first-order chi connectivity index (χ1) is 14.4. The number of methoxy groups -OCH3 is 1. The normalized spacial score (nSPS) is 16.0. The molecular formula is C20H19N5O4S. The molecule has 2 aromatic heterocycles. The number of pyridine rings is 1. The number of anilines is 1. The summed E-state index contributed by atoms with van der Waals surface area (Å²) >= 11 is 1.16. The predicted molar refractivity (Wildman–Crippen MR) is 110 cm³/mol. The maximum absolute atomic E-state index is 12.4. The number of aromatic nitrogens is 2. The second-order valence-corrected chi connectivity index (χ2v) is 7.37. The lowest BCUT2D eigenvalue weighted by Gasteiger charge is -2.28. The molecule has 2 N–H and O–H groups in total. The molecule has 30 heavy (non-hydrogen) atoms. The zero-order chi connectivity index (χ0) is 21.7. The van der Waals surface area contributed by atoms with Gasteiger partial charge in [0.05, 0.1) is 41.0 Å². The van der Waals surface area contributed by atoms with Gasteiger partial charge >= 0.3 is 5.97 Å². The number of thioether (sulfide) groups is 1. The van der Waals surface area contributed by atoms with Gasteiger partial charge in [-0.05, 0) is 31.5 Å². The third kappa shape index (κ3) is 4.52. The monoisotopic (exact) mass is 425 g/mol. The van der Waals surface area contributed by atoms with E-state index in [1.165, 1.54) is 7.11 Å². The quantitative estimate of drug-likeness (QED) is 0.671. The molecule has 0 fully saturated rings. The Balaban J connectivity index is 1.87. The number of aryl methyl sites for hydroxylation is 1. The van der Waals surface area contributed by atoms with Gasteiger partial charge in [0.1, 0.15) is 5.76 Å². The molecule has 3 heterocycles. The number of hydrogen-bond acceptors (Lipinski definition) is 9. The zero-order valence-corrected chi connectivity index (χ0v) is 17.4. The number of rotatable bonds is 6. The number of nitrogens with one attached hydrogen (secondary N) is 2. The fourth-order valence-electron chi connectivity index (χ4n) is 3.04. The Morgan fingerprint density at radius 2 is 2.10 bits per heavy atom. The van der Waals surface area contributed by atoms with Crippen molar-refractivity contribution in [2.24, 2.45) is 0 Å². The van der Waals surface area contributed by atoms with E-state index in [0.29, 0.717) is 33.5 Å². The number of carbonyl (C=O) groups is 2. The number of carbonyl (C=O) groups excluding carboxylic acids is 2. The smallest absolute Gasteiger partial charge is 0.336 e. The van der Waals surface area contributed by atoms with Crippen molar-refractivity contribution >= 4 is 29.5 Å². The zero-order valence-electron chi connectivity index (χ0n) is 16.6. The minimum absolute atomic E-state index is 0.0311. The highest BCUT2D eigenvalue weighted by Crippen LogP contribution is 2.40. The van der Waals surface area contributed by atoms with Crippen molar-refractivity contribution in [2.45, 2.75) is 19.8 Å². The van der Waals surface area contributed by atoms with Crippen LogP contribution in [0.4, 0.5) is 5.82 Å². The molecule has 154 valence electrons. The van der Waals surface area contributed by atoms with Crippen LogP contribution in [0.5, 0.6) is 0 Å². The minimum atomic E-state index is -0.629. The number of nitriles is 1. The summed E-state index contributed by atoms with van der Waals surface area (Å²) in [5.74, 6) is -0.530.